The maximum Gasteiger partial charge on any atom is 0.252 e. The highest BCUT2D eigenvalue weighted by molar-refractivity contribution is 6.30. The number of nitrogens with two attached hydrogens (primary N) is 1. The Kier molecular flexibility index (Phi) is 8.45. The molecule has 1 heterocycles. The number of carbonyl (C=O) groups is 1. The van der Waals surface area contributed by atoms with Gasteiger partial charge in [-0.1, -0.05) is 72.9 Å². The Labute approximate surface area is 215 Å². The first-order valence-corrected chi connectivity index (χ1v) is 12.6. The minimum Gasteiger partial charge on any atom is -0.358 e. The molecule has 0 unspecified atom stereocenters. The van der Waals surface area contributed by atoms with Crippen LogP contribution in [0.3, 0.4) is 0 Å². The molecule has 0 saturated carbocycles. The van der Waals surface area contributed by atoms with Crippen LogP contribution in [0.15, 0.2) is 72.8 Å². The van der Waals surface area contributed by atoms with E-state index >= 15 is 0 Å². The second kappa shape index (κ2) is 11.5. The third kappa shape index (κ3) is 5.87. The minimum atomic E-state index is -0.740. The zero-order valence-corrected chi connectivity index (χ0v) is 21.1. The van der Waals surface area contributed by atoms with E-state index in [4.69, 9.17) is 33.7 Å². The summed E-state index contributed by atoms with van der Waals surface area (Å²) in [5, 5.41) is 1.23. The van der Waals surface area contributed by atoms with Crippen molar-refractivity contribution in [2.24, 2.45) is 5.73 Å². The molecule has 0 spiro atoms. The molecule has 4 atom stereocenters. The number of halogens is 3. The fourth-order valence-electron chi connectivity index (χ4n) is 4.75. The highest BCUT2D eigenvalue weighted by atomic mass is 35.5. The van der Waals surface area contributed by atoms with Gasteiger partial charge in [0.1, 0.15) is 18.0 Å². The molecular weight excluding hydrogens is 486 g/mol. The van der Waals surface area contributed by atoms with Crippen molar-refractivity contribution in [3.8, 4) is 0 Å². The van der Waals surface area contributed by atoms with E-state index < -0.39 is 18.2 Å². The maximum absolute atomic E-state index is 14.0. The van der Waals surface area contributed by atoms with Crippen LogP contribution in [0.1, 0.15) is 48.6 Å². The lowest BCUT2D eigenvalue weighted by atomic mass is 9.88. The molecule has 4 rings (SSSR count). The van der Waals surface area contributed by atoms with Crippen molar-refractivity contribution in [2.45, 2.75) is 50.5 Å². The summed E-state index contributed by atoms with van der Waals surface area (Å²) in [5.74, 6) is -0.442. The Hall–Kier alpha value is -2.44. The molecule has 3 aromatic rings. The largest absolute Gasteiger partial charge is 0.358 e. The lowest BCUT2D eigenvalue weighted by molar-refractivity contribution is -0.179. The van der Waals surface area contributed by atoms with Crippen LogP contribution in [-0.4, -0.2) is 29.5 Å². The quantitative estimate of drug-likeness (QED) is 0.372. The molecule has 2 N–H and O–H groups in total. The molecule has 35 heavy (non-hydrogen) atoms. The Balaban J connectivity index is 1.81. The summed E-state index contributed by atoms with van der Waals surface area (Å²) in [4.78, 5) is 15.9. The van der Waals surface area contributed by atoms with Gasteiger partial charge in [0.2, 0.25) is 0 Å². The number of carbonyl (C=O) groups excluding carboxylic acids is 1. The molecule has 1 amide bonds. The van der Waals surface area contributed by atoms with Crippen molar-refractivity contribution in [2.75, 3.05) is 6.54 Å². The van der Waals surface area contributed by atoms with Crippen molar-refractivity contribution in [1.29, 1.82) is 0 Å². The summed E-state index contributed by atoms with van der Waals surface area (Å²) >= 11 is 12.3. The third-order valence-electron chi connectivity index (χ3n) is 6.46. The summed E-state index contributed by atoms with van der Waals surface area (Å²) in [6.07, 6.45) is 0.783. The molecule has 0 aliphatic carbocycles. The number of rotatable bonds is 8. The topological polar surface area (TPSA) is 55.6 Å². The second-order valence-corrected chi connectivity index (χ2v) is 9.72. The summed E-state index contributed by atoms with van der Waals surface area (Å²) in [7, 11) is 0. The van der Waals surface area contributed by atoms with E-state index in [0.29, 0.717) is 23.0 Å². The number of ether oxygens (including phenoxy) is 1. The Bertz CT molecular complexity index is 1120. The number of hydrogen-bond acceptors (Lipinski definition) is 3. The highest BCUT2D eigenvalue weighted by Crippen LogP contribution is 2.44. The Morgan fingerprint density at radius 3 is 2.06 bits per heavy atom. The molecular formula is C28H29Cl2FN2O2. The Morgan fingerprint density at radius 1 is 0.943 bits per heavy atom. The molecule has 0 aromatic heterocycles. The van der Waals surface area contributed by atoms with Gasteiger partial charge >= 0.3 is 0 Å². The van der Waals surface area contributed by atoms with Gasteiger partial charge in [0.05, 0.1) is 6.04 Å². The average Bonchev–Trinajstić information content (AvgIpc) is 2.86. The predicted molar refractivity (Wildman–Crippen MR) is 138 cm³/mol. The van der Waals surface area contributed by atoms with E-state index in [1.807, 2.05) is 53.4 Å². The van der Waals surface area contributed by atoms with Gasteiger partial charge in [0.25, 0.3) is 5.91 Å². The average molecular weight is 515 g/mol. The second-order valence-electron chi connectivity index (χ2n) is 8.85. The van der Waals surface area contributed by atoms with Gasteiger partial charge in [-0.2, -0.15) is 0 Å². The van der Waals surface area contributed by atoms with Crippen molar-refractivity contribution in [1.82, 2.24) is 4.90 Å². The van der Waals surface area contributed by atoms with Gasteiger partial charge in [-0.3, -0.25) is 4.79 Å². The van der Waals surface area contributed by atoms with Crippen LogP contribution in [-0.2, 0) is 16.0 Å². The molecule has 0 radical (unpaired) electrons. The zero-order chi connectivity index (χ0) is 24.9. The third-order valence-corrected chi connectivity index (χ3v) is 6.96. The van der Waals surface area contributed by atoms with E-state index in [-0.39, 0.29) is 17.8 Å². The van der Waals surface area contributed by atoms with E-state index in [1.54, 1.807) is 12.1 Å². The highest BCUT2D eigenvalue weighted by Gasteiger charge is 2.46. The van der Waals surface area contributed by atoms with Gasteiger partial charge in [-0.15, -0.1) is 0 Å². The molecule has 4 nitrogen and oxygen atoms in total. The number of morpholine rings is 1. The first-order valence-electron chi connectivity index (χ1n) is 11.8. The van der Waals surface area contributed by atoms with Gasteiger partial charge in [0, 0.05) is 29.1 Å². The van der Waals surface area contributed by atoms with Crippen LogP contribution in [0.5, 0.6) is 0 Å². The number of benzene rings is 3. The van der Waals surface area contributed by atoms with Crippen LogP contribution in [0.4, 0.5) is 4.39 Å². The number of nitrogens with zero attached hydrogens (tertiary/aromatic N) is 1. The minimum absolute atomic E-state index is 0.122. The SMILES string of the molecule is CCC[C@H](CN)N1C(=O)[C@H](Cc2ccc(F)cc2)O[C@@H](c2ccc(Cl)cc2)[C@H]1c1ccc(Cl)cc1. The Morgan fingerprint density at radius 2 is 1.51 bits per heavy atom. The smallest absolute Gasteiger partial charge is 0.252 e. The lowest BCUT2D eigenvalue weighted by Crippen LogP contribution is -2.57. The van der Waals surface area contributed by atoms with E-state index in [9.17, 15) is 9.18 Å². The lowest BCUT2D eigenvalue weighted by Gasteiger charge is -2.48. The normalized spacial score (nSPS) is 21.2. The van der Waals surface area contributed by atoms with Crippen molar-refractivity contribution in [3.63, 3.8) is 0 Å². The molecule has 1 saturated heterocycles. The summed E-state index contributed by atoms with van der Waals surface area (Å²) in [6.45, 7) is 2.41. The summed E-state index contributed by atoms with van der Waals surface area (Å²) in [6, 6.07) is 20.6. The van der Waals surface area contributed by atoms with Crippen LogP contribution in [0.25, 0.3) is 0 Å². The standard InChI is InChI=1S/C28H29Cl2FN2O2/c1-2-3-24(17-32)33-26(19-6-10-21(29)11-7-19)27(20-8-12-22(30)13-9-20)35-25(28(33)34)16-18-4-14-23(31)15-5-18/h4-15,24-27H,2-3,16-17,32H2,1H3/t24-,25+,26-,27+/m1/s1. The molecule has 1 aliphatic heterocycles. The predicted octanol–water partition coefficient (Wildman–Crippen LogP) is 6.51. The maximum atomic E-state index is 14.0. The number of amides is 1. The van der Waals surface area contributed by atoms with E-state index in [1.165, 1.54) is 12.1 Å². The number of hydrogen-bond donors (Lipinski definition) is 1. The fraction of sp³-hybridized carbons (Fsp3) is 0.321. The monoisotopic (exact) mass is 514 g/mol. The van der Waals surface area contributed by atoms with Crippen LogP contribution >= 0.6 is 23.2 Å². The first kappa shape index (κ1) is 25.6. The molecule has 0 bridgehead atoms. The van der Waals surface area contributed by atoms with E-state index in [0.717, 1.165) is 29.5 Å². The van der Waals surface area contributed by atoms with Crippen molar-refractivity contribution >= 4 is 29.1 Å². The van der Waals surface area contributed by atoms with Crippen LogP contribution in [0, 0.1) is 5.82 Å². The molecule has 1 fully saturated rings. The van der Waals surface area contributed by atoms with E-state index in [2.05, 4.69) is 6.92 Å². The summed E-state index contributed by atoms with van der Waals surface area (Å²) in [5.41, 5.74) is 8.86. The molecule has 184 valence electrons. The fourth-order valence-corrected chi connectivity index (χ4v) is 5.00. The molecule has 7 heteroatoms. The van der Waals surface area contributed by atoms with Gasteiger partial charge in [0.15, 0.2) is 0 Å². The van der Waals surface area contributed by atoms with Crippen molar-refractivity contribution < 1.29 is 13.9 Å². The van der Waals surface area contributed by atoms with Gasteiger partial charge in [-0.25, -0.2) is 4.39 Å². The van der Waals surface area contributed by atoms with Crippen LogP contribution in [0.2, 0.25) is 10.0 Å². The molecule has 1 aliphatic rings. The zero-order valence-electron chi connectivity index (χ0n) is 19.5. The summed E-state index contributed by atoms with van der Waals surface area (Å²) < 4.78 is 20.0. The van der Waals surface area contributed by atoms with Gasteiger partial charge in [-0.05, 0) is 59.5 Å². The first-order chi connectivity index (χ1) is 16.9. The van der Waals surface area contributed by atoms with Crippen LogP contribution < -0.4 is 5.73 Å². The molecule has 3 aromatic carbocycles. The van der Waals surface area contributed by atoms with Crippen molar-refractivity contribution in [3.05, 3.63) is 105 Å². The van der Waals surface area contributed by atoms with Gasteiger partial charge < -0.3 is 15.4 Å².